The van der Waals surface area contributed by atoms with Gasteiger partial charge in [-0.1, -0.05) is 19.1 Å². The molecule has 0 radical (unpaired) electrons. The van der Waals surface area contributed by atoms with Crippen LogP contribution in [0.4, 0.5) is 0 Å². The number of ether oxygens (including phenoxy) is 1. The Morgan fingerprint density at radius 2 is 2.12 bits per heavy atom. The zero-order chi connectivity index (χ0) is 12.7. The molecule has 0 heterocycles. The molecule has 0 amide bonds. The molecule has 1 atom stereocenters. The summed E-state index contributed by atoms with van der Waals surface area (Å²) in [5.41, 5.74) is 1.73. The lowest BCUT2D eigenvalue weighted by atomic mass is 10.1. The highest BCUT2D eigenvalue weighted by Crippen LogP contribution is 2.03. The average Bonchev–Trinajstić information content (AvgIpc) is 2.38. The van der Waals surface area contributed by atoms with Gasteiger partial charge in [0.25, 0.3) is 0 Å². The van der Waals surface area contributed by atoms with Gasteiger partial charge in [0.1, 0.15) is 0 Å². The van der Waals surface area contributed by atoms with Crippen molar-refractivity contribution in [3.63, 3.8) is 0 Å². The highest BCUT2D eigenvalue weighted by molar-refractivity contribution is 5.72. The Balaban J connectivity index is 2.36. The molecule has 1 aromatic rings. The molecule has 90 valence electrons. The Morgan fingerprint density at radius 3 is 2.65 bits per heavy atom. The van der Waals surface area contributed by atoms with E-state index in [1.165, 1.54) is 7.11 Å². The van der Waals surface area contributed by atoms with Gasteiger partial charge in [-0.15, -0.1) is 0 Å². The lowest BCUT2D eigenvalue weighted by molar-refractivity contribution is -0.144. The summed E-state index contributed by atoms with van der Waals surface area (Å²) in [7, 11) is 1.39. The Kier molecular flexibility index (Phi) is 5.18. The highest BCUT2D eigenvalue weighted by atomic mass is 16.5. The van der Waals surface area contributed by atoms with Gasteiger partial charge in [0.05, 0.1) is 24.7 Å². The van der Waals surface area contributed by atoms with Crippen LogP contribution in [-0.4, -0.2) is 19.6 Å². The number of benzene rings is 1. The summed E-state index contributed by atoms with van der Waals surface area (Å²) >= 11 is 0. The van der Waals surface area contributed by atoms with Crippen molar-refractivity contribution in [3.8, 4) is 6.07 Å². The van der Waals surface area contributed by atoms with Gasteiger partial charge < -0.3 is 10.1 Å². The van der Waals surface area contributed by atoms with E-state index >= 15 is 0 Å². The molecule has 4 heteroatoms. The van der Waals surface area contributed by atoms with E-state index in [9.17, 15) is 4.79 Å². The number of hydrogen-bond donors (Lipinski definition) is 1. The summed E-state index contributed by atoms with van der Waals surface area (Å²) in [6.45, 7) is 3.07. The van der Waals surface area contributed by atoms with E-state index < -0.39 is 0 Å². The second kappa shape index (κ2) is 6.66. The first-order chi connectivity index (χ1) is 8.17. The number of methoxy groups -OCH3 is 1. The lowest BCUT2D eigenvalue weighted by Gasteiger charge is -2.10. The van der Waals surface area contributed by atoms with Crippen LogP contribution in [0.25, 0.3) is 0 Å². The monoisotopic (exact) mass is 232 g/mol. The number of hydrogen-bond acceptors (Lipinski definition) is 4. The normalized spacial score (nSPS) is 11.6. The summed E-state index contributed by atoms with van der Waals surface area (Å²) in [4.78, 5) is 11.1. The molecule has 0 fully saturated rings. The maximum absolute atomic E-state index is 11.1. The number of esters is 1. The Labute approximate surface area is 101 Å². The smallest absolute Gasteiger partial charge is 0.309 e. The van der Waals surface area contributed by atoms with Crippen LogP contribution in [0.1, 0.15) is 18.1 Å². The molecule has 0 saturated carbocycles. The Hall–Kier alpha value is -1.86. The maximum Gasteiger partial charge on any atom is 0.309 e. The minimum Gasteiger partial charge on any atom is -0.469 e. The third-order valence-electron chi connectivity index (χ3n) is 2.47. The molecule has 1 aromatic carbocycles. The fraction of sp³-hybridized carbons (Fsp3) is 0.385. The lowest BCUT2D eigenvalue weighted by Crippen LogP contribution is -2.26. The molecule has 0 saturated heterocycles. The standard InChI is InChI=1S/C13H16N2O2/c1-10(13(16)17-2)8-15-9-12-5-3-11(7-14)4-6-12/h3-6,10,15H,8-9H2,1-2H3. The van der Waals surface area contributed by atoms with Gasteiger partial charge >= 0.3 is 5.97 Å². The number of rotatable bonds is 5. The van der Waals surface area contributed by atoms with Crippen LogP contribution in [-0.2, 0) is 16.1 Å². The summed E-state index contributed by atoms with van der Waals surface area (Å²) in [5.74, 6) is -0.365. The zero-order valence-electron chi connectivity index (χ0n) is 10.1. The maximum atomic E-state index is 11.1. The predicted octanol–water partition coefficient (Wildman–Crippen LogP) is 1.46. The zero-order valence-corrected chi connectivity index (χ0v) is 10.1. The van der Waals surface area contributed by atoms with Crippen LogP contribution in [0.15, 0.2) is 24.3 Å². The fourth-order valence-corrected chi connectivity index (χ4v) is 1.41. The van der Waals surface area contributed by atoms with Crippen LogP contribution in [0.5, 0.6) is 0 Å². The Bertz CT molecular complexity index is 406. The van der Waals surface area contributed by atoms with Crippen molar-refractivity contribution in [2.24, 2.45) is 5.92 Å². The molecule has 4 nitrogen and oxygen atoms in total. The number of nitriles is 1. The number of nitrogens with zero attached hydrogens (tertiary/aromatic N) is 1. The predicted molar refractivity (Wildman–Crippen MR) is 64.0 cm³/mol. The Morgan fingerprint density at radius 1 is 1.47 bits per heavy atom. The molecule has 1 unspecified atom stereocenters. The summed E-state index contributed by atoms with van der Waals surface area (Å²) in [5, 5.41) is 11.8. The van der Waals surface area contributed by atoms with Crippen LogP contribution in [0.2, 0.25) is 0 Å². The van der Waals surface area contributed by atoms with Crippen molar-refractivity contribution in [1.29, 1.82) is 5.26 Å². The van der Waals surface area contributed by atoms with Gasteiger partial charge in [0, 0.05) is 13.1 Å². The van der Waals surface area contributed by atoms with Crippen molar-refractivity contribution >= 4 is 5.97 Å². The van der Waals surface area contributed by atoms with Crippen LogP contribution in [0, 0.1) is 17.2 Å². The second-order valence-electron chi connectivity index (χ2n) is 3.86. The molecular weight excluding hydrogens is 216 g/mol. The van der Waals surface area contributed by atoms with Crippen molar-refractivity contribution in [1.82, 2.24) is 5.32 Å². The minimum atomic E-state index is -0.211. The molecule has 0 aliphatic heterocycles. The second-order valence-corrected chi connectivity index (χ2v) is 3.86. The third-order valence-corrected chi connectivity index (χ3v) is 2.47. The quantitative estimate of drug-likeness (QED) is 0.781. The van der Waals surface area contributed by atoms with Crippen molar-refractivity contribution in [2.45, 2.75) is 13.5 Å². The van der Waals surface area contributed by atoms with Gasteiger partial charge in [-0.2, -0.15) is 5.26 Å². The molecule has 0 aromatic heterocycles. The van der Waals surface area contributed by atoms with E-state index in [4.69, 9.17) is 5.26 Å². The third kappa shape index (κ3) is 4.25. The minimum absolute atomic E-state index is 0.154. The molecule has 1 rings (SSSR count). The van der Waals surface area contributed by atoms with Gasteiger partial charge in [0.15, 0.2) is 0 Å². The first-order valence-corrected chi connectivity index (χ1v) is 5.45. The van der Waals surface area contributed by atoms with E-state index in [1.807, 2.05) is 19.1 Å². The molecular formula is C13H16N2O2. The van der Waals surface area contributed by atoms with Crippen molar-refractivity contribution in [2.75, 3.05) is 13.7 Å². The molecule has 0 spiro atoms. The molecule has 0 aliphatic rings. The van der Waals surface area contributed by atoms with E-state index in [2.05, 4.69) is 16.1 Å². The number of carbonyl (C=O) groups is 1. The van der Waals surface area contributed by atoms with Gasteiger partial charge in [-0.25, -0.2) is 0 Å². The topological polar surface area (TPSA) is 62.1 Å². The number of carbonyl (C=O) groups excluding carboxylic acids is 1. The van der Waals surface area contributed by atoms with Crippen molar-refractivity contribution < 1.29 is 9.53 Å². The average molecular weight is 232 g/mol. The summed E-state index contributed by atoms with van der Waals surface area (Å²) in [6.07, 6.45) is 0. The summed E-state index contributed by atoms with van der Waals surface area (Å²) in [6, 6.07) is 9.42. The van der Waals surface area contributed by atoms with Crippen LogP contribution < -0.4 is 5.32 Å². The first kappa shape index (κ1) is 13.2. The first-order valence-electron chi connectivity index (χ1n) is 5.45. The largest absolute Gasteiger partial charge is 0.469 e. The van der Waals surface area contributed by atoms with Gasteiger partial charge in [-0.3, -0.25) is 4.79 Å². The summed E-state index contributed by atoms with van der Waals surface area (Å²) < 4.78 is 4.63. The fourth-order valence-electron chi connectivity index (χ4n) is 1.41. The van der Waals surface area contributed by atoms with Crippen LogP contribution >= 0.6 is 0 Å². The molecule has 1 N–H and O–H groups in total. The SMILES string of the molecule is COC(=O)C(C)CNCc1ccc(C#N)cc1. The molecule has 17 heavy (non-hydrogen) atoms. The van der Waals surface area contributed by atoms with Crippen molar-refractivity contribution in [3.05, 3.63) is 35.4 Å². The van der Waals surface area contributed by atoms with Gasteiger partial charge in [-0.05, 0) is 17.7 Å². The molecule has 0 aliphatic carbocycles. The highest BCUT2D eigenvalue weighted by Gasteiger charge is 2.11. The molecule has 0 bridgehead atoms. The number of nitrogens with one attached hydrogen (secondary N) is 1. The van der Waals surface area contributed by atoms with E-state index in [-0.39, 0.29) is 11.9 Å². The van der Waals surface area contributed by atoms with E-state index in [1.54, 1.807) is 12.1 Å². The van der Waals surface area contributed by atoms with Gasteiger partial charge in [0.2, 0.25) is 0 Å². The van der Waals surface area contributed by atoms with E-state index in [0.717, 1.165) is 5.56 Å². The van der Waals surface area contributed by atoms with E-state index in [0.29, 0.717) is 18.7 Å². The van der Waals surface area contributed by atoms with Crippen LogP contribution in [0.3, 0.4) is 0 Å².